The molecule has 1 unspecified atom stereocenters. The molecule has 34 heavy (non-hydrogen) atoms. The molecule has 0 spiro atoms. The van der Waals surface area contributed by atoms with Crippen molar-refractivity contribution in [2.45, 2.75) is 67.0 Å². The lowest BCUT2D eigenvalue weighted by atomic mass is 9.89. The highest BCUT2D eigenvalue weighted by atomic mass is 35.5. The number of nitrogens with zero attached hydrogens (tertiary/aromatic N) is 2. The van der Waals surface area contributed by atoms with E-state index in [1.807, 2.05) is 0 Å². The monoisotopic (exact) mass is 535 g/mol. The highest BCUT2D eigenvalue weighted by Gasteiger charge is 2.58. The molecule has 0 radical (unpaired) electrons. The SMILES string of the molecule is O=C(O)[C@H]1O[C@H](Oc2ccc(CC(O)(Cn3[nH]cnc3=S)C3(Cl)CC3)c(Cl)c2)[C@H](O)[C@@H](O)[C@@H]1O. The lowest BCUT2D eigenvalue weighted by Gasteiger charge is -2.38. The van der Waals surface area contributed by atoms with Crippen molar-refractivity contribution in [1.82, 2.24) is 14.8 Å². The van der Waals surface area contributed by atoms with Crippen LogP contribution in [0.3, 0.4) is 0 Å². The Morgan fingerprint density at radius 1 is 1.32 bits per heavy atom. The normalized spacial score (nSPS) is 29.9. The van der Waals surface area contributed by atoms with Crippen molar-refractivity contribution >= 4 is 41.4 Å². The fourth-order valence-electron chi connectivity index (χ4n) is 3.93. The minimum absolute atomic E-state index is 0.0722. The molecule has 4 rings (SSSR count). The van der Waals surface area contributed by atoms with Gasteiger partial charge in [-0.25, -0.2) is 9.78 Å². The van der Waals surface area contributed by atoms with E-state index in [0.29, 0.717) is 18.4 Å². The quantitative estimate of drug-likeness (QED) is 0.208. The van der Waals surface area contributed by atoms with E-state index < -0.39 is 47.2 Å². The number of hydrogen-bond donors (Lipinski definition) is 6. The van der Waals surface area contributed by atoms with Gasteiger partial charge in [-0.05, 0) is 42.8 Å². The van der Waals surface area contributed by atoms with E-state index in [4.69, 9.17) is 50.0 Å². The number of rotatable bonds is 8. The van der Waals surface area contributed by atoms with Gasteiger partial charge in [0.05, 0.1) is 11.4 Å². The van der Waals surface area contributed by atoms with E-state index >= 15 is 0 Å². The second-order valence-electron chi connectivity index (χ2n) is 8.54. The van der Waals surface area contributed by atoms with E-state index in [1.165, 1.54) is 23.1 Å². The average Bonchev–Trinajstić information content (AvgIpc) is 3.42. The molecular weight excluding hydrogens is 513 g/mol. The van der Waals surface area contributed by atoms with Crippen molar-refractivity contribution in [2.75, 3.05) is 0 Å². The number of aromatic nitrogens is 3. The van der Waals surface area contributed by atoms with Crippen LogP contribution in [0.25, 0.3) is 0 Å². The van der Waals surface area contributed by atoms with Gasteiger partial charge in [0, 0.05) is 11.4 Å². The van der Waals surface area contributed by atoms with Gasteiger partial charge in [0.25, 0.3) is 0 Å². The molecule has 2 aliphatic rings. The molecule has 1 aliphatic carbocycles. The van der Waals surface area contributed by atoms with Crippen molar-refractivity contribution in [1.29, 1.82) is 0 Å². The fraction of sp³-hybridized carbons (Fsp3) is 0.550. The van der Waals surface area contributed by atoms with Crippen molar-refractivity contribution in [3.05, 3.63) is 39.9 Å². The summed E-state index contributed by atoms with van der Waals surface area (Å²) >= 11 is 18.2. The first-order chi connectivity index (χ1) is 15.9. The first-order valence-electron chi connectivity index (χ1n) is 10.3. The van der Waals surface area contributed by atoms with Crippen LogP contribution in [0.15, 0.2) is 24.5 Å². The van der Waals surface area contributed by atoms with Gasteiger partial charge < -0.3 is 35.0 Å². The summed E-state index contributed by atoms with van der Waals surface area (Å²) in [6.45, 7) is 0.0722. The Morgan fingerprint density at radius 2 is 2.03 bits per heavy atom. The minimum Gasteiger partial charge on any atom is -0.479 e. The van der Waals surface area contributed by atoms with Crippen LogP contribution in [0.5, 0.6) is 5.75 Å². The molecule has 2 aromatic rings. The van der Waals surface area contributed by atoms with Crippen molar-refractivity contribution in [2.24, 2.45) is 0 Å². The molecule has 1 saturated heterocycles. The minimum atomic E-state index is -1.83. The summed E-state index contributed by atoms with van der Waals surface area (Å²) in [5.74, 6) is -1.41. The van der Waals surface area contributed by atoms with Crippen LogP contribution in [0.4, 0.5) is 0 Å². The number of H-pyrrole nitrogens is 1. The van der Waals surface area contributed by atoms with Crippen molar-refractivity contribution < 1.29 is 39.8 Å². The Kier molecular flexibility index (Phi) is 6.97. The Labute approximate surface area is 208 Å². The smallest absolute Gasteiger partial charge is 0.335 e. The first-order valence-corrected chi connectivity index (χ1v) is 11.5. The number of aromatic amines is 1. The van der Waals surface area contributed by atoms with Crippen molar-refractivity contribution in [3.63, 3.8) is 0 Å². The van der Waals surface area contributed by atoms with Crippen LogP contribution >= 0.6 is 35.4 Å². The molecule has 1 aromatic carbocycles. The maximum Gasteiger partial charge on any atom is 0.335 e. The Morgan fingerprint density at radius 3 is 2.59 bits per heavy atom. The van der Waals surface area contributed by atoms with Crippen LogP contribution < -0.4 is 4.74 Å². The number of carboxylic acids is 1. The number of carboxylic acid groups (broad SMARTS) is 1. The zero-order valence-corrected chi connectivity index (χ0v) is 19.9. The van der Waals surface area contributed by atoms with Gasteiger partial charge in [-0.2, -0.15) is 0 Å². The Hall–Kier alpha value is -1.77. The summed E-state index contributed by atoms with van der Waals surface area (Å²) in [7, 11) is 0. The number of aliphatic hydroxyl groups is 4. The predicted octanol–water partition coefficient (Wildman–Crippen LogP) is 0.610. The Bertz CT molecular complexity index is 1130. The average molecular weight is 536 g/mol. The maximum atomic E-state index is 11.5. The van der Waals surface area contributed by atoms with E-state index in [-0.39, 0.29) is 28.5 Å². The molecule has 6 atom stereocenters. The number of ether oxygens (including phenoxy) is 2. The van der Waals surface area contributed by atoms with Gasteiger partial charge in [0.15, 0.2) is 6.10 Å². The van der Waals surface area contributed by atoms with E-state index in [9.17, 15) is 25.2 Å². The third kappa shape index (κ3) is 4.82. The number of nitrogens with one attached hydrogen (secondary N) is 1. The highest BCUT2D eigenvalue weighted by molar-refractivity contribution is 7.71. The second-order valence-corrected chi connectivity index (χ2v) is 10.0. The van der Waals surface area contributed by atoms with E-state index in [2.05, 4.69) is 10.1 Å². The number of halogens is 2. The summed E-state index contributed by atoms with van der Waals surface area (Å²) in [5, 5.41) is 53.6. The molecule has 2 fully saturated rings. The standard InChI is InChI=1S/C20H23Cl2N3O8S/c21-11-5-10(32-17-14(28)12(26)13(27)15(33-17)16(29)30)2-1-9(11)6-20(31,19(22)3-4-19)7-25-18(34)23-8-24-25/h1-2,5,8,12-15,17,26-28,31H,3-4,6-7H2,(H,29,30)(H,23,24,34)/t12-,13-,14+,15-,17-,20?/m0/s1. The highest BCUT2D eigenvalue weighted by Crippen LogP contribution is 2.53. The number of aliphatic hydroxyl groups excluding tert-OH is 3. The Balaban J connectivity index is 1.52. The molecule has 6 N–H and O–H groups in total. The van der Waals surface area contributed by atoms with Crippen LogP contribution in [-0.2, 0) is 22.5 Å². The molecule has 1 aliphatic heterocycles. The number of carbonyl (C=O) groups is 1. The molecule has 0 bridgehead atoms. The molecular formula is C20H23Cl2N3O8S. The van der Waals surface area contributed by atoms with Gasteiger partial charge in [-0.1, -0.05) is 17.7 Å². The zero-order chi connectivity index (χ0) is 24.8. The predicted molar refractivity (Wildman–Crippen MR) is 120 cm³/mol. The lowest BCUT2D eigenvalue weighted by Crippen LogP contribution is -2.61. The summed E-state index contributed by atoms with van der Waals surface area (Å²) in [6, 6.07) is 4.48. The van der Waals surface area contributed by atoms with Crippen LogP contribution in [-0.4, -0.2) is 87.4 Å². The summed E-state index contributed by atoms with van der Waals surface area (Å²) in [4.78, 5) is 14.4. The van der Waals surface area contributed by atoms with Crippen molar-refractivity contribution in [3.8, 4) is 5.75 Å². The molecule has 1 saturated carbocycles. The van der Waals surface area contributed by atoms with E-state index in [0.717, 1.165) is 0 Å². The van der Waals surface area contributed by atoms with Crippen LogP contribution in [0, 0.1) is 4.77 Å². The molecule has 1 aromatic heterocycles. The first kappa shape index (κ1) is 25.3. The number of alkyl halides is 1. The van der Waals surface area contributed by atoms with Gasteiger partial charge in [-0.3, -0.25) is 9.78 Å². The largest absolute Gasteiger partial charge is 0.479 e. The lowest BCUT2D eigenvalue weighted by molar-refractivity contribution is -0.271. The second kappa shape index (κ2) is 9.36. The van der Waals surface area contributed by atoms with Crippen LogP contribution in [0.2, 0.25) is 5.02 Å². The summed E-state index contributed by atoms with van der Waals surface area (Å²) in [6.07, 6.45) is -5.96. The molecule has 0 amide bonds. The third-order valence-electron chi connectivity index (χ3n) is 6.13. The van der Waals surface area contributed by atoms with Gasteiger partial charge in [0.1, 0.15) is 36.0 Å². The summed E-state index contributed by atoms with van der Waals surface area (Å²) < 4.78 is 12.4. The third-order valence-corrected chi connectivity index (χ3v) is 7.54. The number of hydrogen-bond acceptors (Lipinski definition) is 9. The topological polar surface area (TPSA) is 170 Å². The van der Waals surface area contributed by atoms with Gasteiger partial charge in [-0.15, -0.1) is 11.6 Å². The fourth-order valence-corrected chi connectivity index (χ4v) is 4.56. The molecule has 11 nitrogen and oxygen atoms in total. The molecule has 14 heteroatoms. The maximum absolute atomic E-state index is 11.5. The molecule has 2 heterocycles. The summed E-state index contributed by atoms with van der Waals surface area (Å²) in [5.41, 5.74) is -0.846. The van der Waals surface area contributed by atoms with Crippen LogP contribution in [0.1, 0.15) is 18.4 Å². The number of aliphatic carboxylic acids is 1. The molecule has 186 valence electrons. The zero-order valence-electron chi connectivity index (χ0n) is 17.5. The number of benzene rings is 1. The van der Waals surface area contributed by atoms with Gasteiger partial charge in [0.2, 0.25) is 11.1 Å². The van der Waals surface area contributed by atoms with E-state index in [1.54, 1.807) is 6.07 Å². The van der Waals surface area contributed by atoms with Gasteiger partial charge >= 0.3 is 5.97 Å².